The molecule has 1 heterocycles. The Labute approximate surface area is 122 Å². The highest BCUT2D eigenvalue weighted by atomic mass is 79.9. The number of thiophene rings is 1. The summed E-state index contributed by atoms with van der Waals surface area (Å²) in [6, 6.07) is 9.70. The molecule has 1 nitrogen and oxygen atoms in total. The number of halogens is 3. The number of alkyl halides is 1. The third kappa shape index (κ3) is 2.79. The zero-order valence-corrected chi connectivity index (χ0v) is 12.8. The van der Waals surface area contributed by atoms with Crippen molar-refractivity contribution in [2.24, 2.45) is 0 Å². The number of benzene rings is 1. The number of ether oxygens (including phenoxy) is 1. The van der Waals surface area contributed by atoms with Crippen molar-refractivity contribution in [2.75, 3.05) is 7.11 Å². The molecule has 0 fully saturated rings. The SMILES string of the molecule is COc1ccccc1C(Br)c1cc(Cl)sc1Cl. The molecule has 2 aromatic rings. The number of para-hydroxylation sites is 1. The first-order chi connectivity index (χ1) is 8.13. The van der Waals surface area contributed by atoms with Crippen molar-refractivity contribution in [1.29, 1.82) is 0 Å². The van der Waals surface area contributed by atoms with Crippen molar-refractivity contribution < 1.29 is 4.74 Å². The van der Waals surface area contributed by atoms with Gasteiger partial charge >= 0.3 is 0 Å². The van der Waals surface area contributed by atoms with Gasteiger partial charge in [-0.2, -0.15) is 0 Å². The van der Waals surface area contributed by atoms with Crippen molar-refractivity contribution in [2.45, 2.75) is 4.83 Å². The highest BCUT2D eigenvalue weighted by Crippen LogP contribution is 2.43. The molecule has 0 aliphatic carbocycles. The molecule has 17 heavy (non-hydrogen) atoms. The van der Waals surface area contributed by atoms with Crippen molar-refractivity contribution in [3.05, 3.63) is 50.1 Å². The largest absolute Gasteiger partial charge is 0.496 e. The second-order valence-electron chi connectivity index (χ2n) is 3.38. The molecule has 0 radical (unpaired) electrons. The Balaban J connectivity index is 2.43. The van der Waals surface area contributed by atoms with E-state index >= 15 is 0 Å². The van der Waals surface area contributed by atoms with E-state index in [1.807, 2.05) is 30.3 Å². The molecule has 0 bridgehead atoms. The fourth-order valence-corrected chi connectivity index (χ4v) is 4.12. The van der Waals surface area contributed by atoms with Gasteiger partial charge in [-0.25, -0.2) is 0 Å². The van der Waals surface area contributed by atoms with E-state index in [0.717, 1.165) is 16.9 Å². The molecule has 0 amide bonds. The van der Waals surface area contributed by atoms with Crippen LogP contribution in [0.3, 0.4) is 0 Å². The summed E-state index contributed by atoms with van der Waals surface area (Å²) in [5, 5.41) is 0. The van der Waals surface area contributed by atoms with Crippen LogP contribution < -0.4 is 4.74 Å². The predicted molar refractivity (Wildman–Crippen MR) is 78.1 cm³/mol. The molecule has 1 unspecified atom stereocenters. The van der Waals surface area contributed by atoms with Crippen molar-refractivity contribution >= 4 is 50.5 Å². The maximum absolute atomic E-state index is 6.15. The second-order valence-corrected chi connectivity index (χ2v) is 6.59. The molecule has 0 saturated heterocycles. The van der Waals surface area contributed by atoms with Gasteiger partial charge in [0.15, 0.2) is 0 Å². The van der Waals surface area contributed by atoms with Crippen LogP contribution in [0.4, 0.5) is 0 Å². The van der Waals surface area contributed by atoms with Crippen LogP contribution in [0.2, 0.25) is 8.67 Å². The van der Waals surface area contributed by atoms with Crippen LogP contribution in [0.15, 0.2) is 30.3 Å². The van der Waals surface area contributed by atoms with Gasteiger partial charge in [0.2, 0.25) is 0 Å². The molecule has 0 aliphatic heterocycles. The molecule has 90 valence electrons. The lowest BCUT2D eigenvalue weighted by atomic mass is 10.1. The maximum Gasteiger partial charge on any atom is 0.123 e. The molecular weight excluding hydrogens is 343 g/mol. The van der Waals surface area contributed by atoms with Gasteiger partial charge < -0.3 is 4.74 Å². The standard InChI is InChI=1S/C12H9BrCl2OS/c1-16-9-5-3-2-4-7(9)11(13)8-6-10(14)17-12(8)15/h2-6,11H,1H3. The summed E-state index contributed by atoms with van der Waals surface area (Å²) in [4.78, 5) is -0.0186. The highest BCUT2D eigenvalue weighted by molar-refractivity contribution is 9.09. The van der Waals surface area contributed by atoms with Gasteiger partial charge in [0.25, 0.3) is 0 Å². The summed E-state index contributed by atoms with van der Waals surface area (Å²) < 4.78 is 6.71. The summed E-state index contributed by atoms with van der Waals surface area (Å²) in [5.74, 6) is 0.827. The van der Waals surface area contributed by atoms with E-state index in [9.17, 15) is 0 Å². The van der Waals surface area contributed by atoms with E-state index in [1.165, 1.54) is 11.3 Å². The summed E-state index contributed by atoms with van der Waals surface area (Å²) in [6.45, 7) is 0. The average Bonchev–Trinajstić information content (AvgIpc) is 2.67. The Hall–Kier alpha value is -0.220. The third-order valence-corrected chi connectivity index (χ3v) is 4.87. The van der Waals surface area contributed by atoms with Crippen molar-refractivity contribution in [3.8, 4) is 5.75 Å². The van der Waals surface area contributed by atoms with Gasteiger partial charge in [0, 0.05) is 11.1 Å². The van der Waals surface area contributed by atoms with Gasteiger partial charge in [-0.3, -0.25) is 0 Å². The van der Waals surface area contributed by atoms with E-state index in [1.54, 1.807) is 7.11 Å². The number of rotatable bonds is 3. The first-order valence-corrected chi connectivity index (χ1v) is 7.34. The first-order valence-electron chi connectivity index (χ1n) is 4.85. The zero-order chi connectivity index (χ0) is 12.4. The van der Waals surface area contributed by atoms with Crippen LogP contribution in [0.5, 0.6) is 5.75 Å². The Bertz CT molecular complexity index is 527. The maximum atomic E-state index is 6.15. The quantitative estimate of drug-likeness (QED) is 0.659. The van der Waals surface area contributed by atoms with Gasteiger partial charge in [-0.15, -0.1) is 11.3 Å². The summed E-state index contributed by atoms with van der Waals surface area (Å²) in [6.07, 6.45) is 0. The monoisotopic (exact) mass is 350 g/mol. The first kappa shape index (κ1) is 13.2. The fraction of sp³-hybridized carbons (Fsp3) is 0.167. The number of hydrogen-bond acceptors (Lipinski definition) is 2. The van der Waals surface area contributed by atoms with E-state index in [-0.39, 0.29) is 4.83 Å². The zero-order valence-electron chi connectivity index (χ0n) is 8.91. The Morgan fingerprint density at radius 3 is 2.53 bits per heavy atom. The average molecular weight is 352 g/mol. The minimum Gasteiger partial charge on any atom is -0.496 e. The molecule has 1 atom stereocenters. The minimum absolute atomic E-state index is 0.0186. The van der Waals surface area contributed by atoms with Gasteiger partial charge in [-0.1, -0.05) is 57.3 Å². The smallest absolute Gasteiger partial charge is 0.123 e. The Morgan fingerprint density at radius 2 is 1.94 bits per heavy atom. The van der Waals surface area contributed by atoms with Gasteiger partial charge in [0.05, 0.1) is 20.6 Å². The minimum atomic E-state index is -0.0186. The highest BCUT2D eigenvalue weighted by Gasteiger charge is 2.19. The number of hydrogen-bond donors (Lipinski definition) is 0. The lowest BCUT2D eigenvalue weighted by Gasteiger charge is -2.13. The van der Waals surface area contributed by atoms with Crippen molar-refractivity contribution in [1.82, 2.24) is 0 Å². The van der Waals surface area contributed by atoms with E-state index in [4.69, 9.17) is 27.9 Å². The molecular formula is C12H9BrCl2OS. The van der Waals surface area contributed by atoms with Crippen LogP contribution >= 0.6 is 50.5 Å². The Morgan fingerprint density at radius 1 is 1.24 bits per heavy atom. The van der Waals surface area contributed by atoms with E-state index < -0.39 is 0 Å². The fourth-order valence-electron chi connectivity index (χ4n) is 1.57. The van der Waals surface area contributed by atoms with Gasteiger partial charge in [-0.05, 0) is 12.1 Å². The Kier molecular flexibility index (Phi) is 4.36. The summed E-state index contributed by atoms with van der Waals surface area (Å²) in [7, 11) is 1.65. The van der Waals surface area contributed by atoms with Crippen LogP contribution in [-0.2, 0) is 0 Å². The molecule has 0 spiro atoms. The van der Waals surface area contributed by atoms with Gasteiger partial charge in [0.1, 0.15) is 5.75 Å². The third-order valence-electron chi connectivity index (χ3n) is 2.37. The molecule has 1 aromatic carbocycles. The normalized spacial score (nSPS) is 12.5. The molecule has 2 rings (SSSR count). The van der Waals surface area contributed by atoms with Crippen LogP contribution in [0.25, 0.3) is 0 Å². The van der Waals surface area contributed by atoms with Crippen molar-refractivity contribution in [3.63, 3.8) is 0 Å². The molecule has 5 heteroatoms. The van der Waals surface area contributed by atoms with Crippen LogP contribution in [-0.4, -0.2) is 7.11 Å². The van der Waals surface area contributed by atoms with Crippen LogP contribution in [0.1, 0.15) is 16.0 Å². The number of methoxy groups -OCH3 is 1. The van der Waals surface area contributed by atoms with Crippen LogP contribution in [0, 0.1) is 0 Å². The summed E-state index contributed by atoms with van der Waals surface area (Å²) >= 11 is 17.1. The predicted octanol–water partition coefficient (Wildman–Crippen LogP) is 5.55. The summed E-state index contributed by atoms with van der Waals surface area (Å²) in [5.41, 5.74) is 2.00. The molecule has 0 aliphatic rings. The molecule has 0 saturated carbocycles. The second kappa shape index (κ2) is 5.61. The lowest BCUT2D eigenvalue weighted by Crippen LogP contribution is -1.95. The van der Waals surface area contributed by atoms with E-state index in [2.05, 4.69) is 15.9 Å². The topological polar surface area (TPSA) is 9.23 Å². The molecule has 1 aromatic heterocycles. The van der Waals surface area contributed by atoms with E-state index in [0.29, 0.717) is 8.67 Å². The molecule has 0 N–H and O–H groups in total. The lowest BCUT2D eigenvalue weighted by molar-refractivity contribution is 0.410.